The summed E-state index contributed by atoms with van der Waals surface area (Å²) in [5, 5.41) is 12.0. The molecule has 0 saturated heterocycles. The predicted molar refractivity (Wildman–Crippen MR) is 69.5 cm³/mol. The van der Waals surface area contributed by atoms with Crippen molar-refractivity contribution in [1.29, 1.82) is 5.26 Å². The van der Waals surface area contributed by atoms with Gasteiger partial charge in [0.15, 0.2) is 11.6 Å². The molecule has 0 saturated carbocycles. The van der Waals surface area contributed by atoms with Gasteiger partial charge in [-0.3, -0.25) is 0 Å². The molecule has 0 aromatic heterocycles. The average Bonchev–Trinajstić information content (AvgIpc) is 2.42. The quantitative estimate of drug-likeness (QED) is 0.904. The number of benzene rings is 2. The van der Waals surface area contributed by atoms with Crippen molar-refractivity contribution in [3.05, 3.63) is 65.2 Å². The van der Waals surface area contributed by atoms with Crippen LogP contribution >= 0.6 is 0 Å². The van der Waals surface area contributed by atoms with Gasteiger partial charge in [-0.1, -0.05) is 29.8 Å². The van der Waals surface area contributed by atoms with Crippen molar-refractivity contribution < 1.29 is 8.78 Å². The van der Waals surface area contributed by atoms with E-state index >= 15 is 0 Å². The van der Waals surface area contributed by atoms with Crippen LogP contribution in [-0.2, 0) is 0 Å². The smallest absolute Gasteiger partial charge is 0.165 e. The Labute approximate surface area is 110 Å². The Hall–Kier alpha value is -2.41. The Kier molecular flexibility index (Phi) is 3.76. The highest BCUT2D eigenvalue weighted by Gasteiger charge is 2.17. The van der Waals surface area contributed by atoms with Crippen molar-refractivity contribution in [2.45, 2.75) is 13.0 Å². The molecule has 0 aliphatic rings. The fraction of sp³-hybridized carbons (Fsp3) is 0.133. The van der Waals surface area contributed by atoms with Crippen molar-refractivity contribution in [3.8, 4) is 6.07 Å². The fourth-order valence-electron chi connectivity index (χ4n) is 1.74. The molecule has 0 aliphatic heterocycles. The summed E-state index contributed by atoms with van der Waals surface area (Å²) in [6.07, 6.45) is 0. The molecule has 1 N–H and O–H groups in total. The third-order valence-corrected chi connectivity index (χ3v) is 2.78. The number of nitrogens with one attached hydrogen (secondary N) is 1. The molecule has 2 nitrogen and oxygen atoms in total. The second-order valence-electron chi connectivity index (χ2n) is 4.22. The number of rotatable bonds is 3. The molecule has 2 aromatic rings. The molecular formula is C15H12F2N2. The normalized spacial score (nSPS) is 11.7. The van der Waals surface area contributed by atoms with Crippen LogP contribution in [0.2, 0.25) is 0 Å². The van der Waals surface area contributed by atoms with Gasteiger partial charge in [0.1, 0.15) is 6.04 Å². The lowest BCUT2D eigenvalue weighted by Crippen LogP contribution is -2.11. The van der Waals surface area contributed by atoms with Gasteiger partial charge in [-0.2, -0.15) is 5.26 Å². The number of nitrogens with zero attached hydrogens (tertiary/aromatic N) is 1. The highest BCUT2D eigenvalue weighted by atomic mass is 19.2. The van der Waals surface area contributed by atoms with E-state index in [0.717, 1.165) is 11.6 Å². The van der Waals surface area contributed by atoms with Gasteiger partial charge in [0.2, 0.25) is 0 Å². The zero-order valence-electron chi connectivity index (χ0n) is 10.3. The van der Waals surface area contributed by atoms with Gasteiger partial charge >= 0.3 is 0 Å². The first kappa shape index (κ1) is 13.0. The van der Waals surface area contributed by atoms with E-state index in [1.54, 1.807) is 12.1 Å². The van der Waals surface area contributed by atoms with Gasteiger partial charge < -0.3 is 5.32 Å². The predicted octanol–water partition coefficient (Wildman–Crippen LogP) is 3.95. The Morgan fingerprint density at radius 2 is 1.79 bits per heavy atom. The summed E-state index contributed by atoms with van der Waals surface area (Å²) < 4.78 is 26.8. The number of halogens is 2. The molecule has 2 aromatic carbocycles. The summed E-state index contributed by atoms with van der Waals surface area (Å²) in [6, 6.07) is 12.1. The zero-order chi connectivity index (χ0) is 13.8. The van der Waals surface area contributed by atoms with Crippen molar-refractivity contribution in [3.63, 3.8) is 0 Å². The van der Waals surface area contributed by atoms with E-state index in [4.69, 9.17) is 5.26 Å². The van der Waals surface area contributed by atoms with Crippen LogP contribution in [0.1, 0.15) is 17.2 Å². The Bertz CT molecular complexity index is 615. The topological polar surface area (TPSA) is 35.8 Å². The minimum absolute atomic E-state index is 0.00285. The minimum atomic E-state index is -0.992. The minimum Gasteiger partial charge on any atom is -0.366 e. The third-order valence-electron chi connectivity index (χ3n) is 2.78. The summed E-state index contributed by atoms with van der Waals surface area (Å²) in [6.45, 7) is 1.94. The van der Waals surface area contributed by atoms with Gasteiger partial charge in [0, 0.05) is 11.3 Å². The first-order chi connectivity index (χ1) is 9.11. The zero-order valence-corrected chi connectivity index (χ0v) is 10.3. The highest BCUT2D eigenvalue weighted by Crippen LogP contribution is 2.23. The van der Waals surface area contributed by atoms with Crippen LogP contribution in [0.25, 0.3) is 0 Å². The number of aryl methyl sites for hydroxylation is 1. The van der Waals surface area contributed by atoms with E-state index in [1.807, 2.05) is 25.1 Å². The first-order valence-electron chi connectivity index (χ1n) is 5.78. The van der Waals surface area contributed by atoms with E-state index in [0.29, 0.717) is 5.69 Å². The van der Waals surface area contributed by atoms with Gasteiger partial charge in [0.05, 0.1) is 6.07 Å². The fourth-order valence-corrected chi connectivity index (χ4v) is 1.74. The lowest BCUT2D eigenvalue weighted by Gasteiger charge is -2.14. The van der Waals surface area contributed by atoms with Crippen LogP contribution < -0.4 is 5.32 Å². The molecule has 0 amide bonds. The second-order valence-corrected chi connectivity index (χ2v) is 4.22. The molecule has 0 heterocycles. The van der Waals surface area contributed by atoms with Gasteiger partial charge in [0.25, 0.3) is 0 Å². The number of hydrogen-bond donors (Lipinski definition) is 1. The largest absolute Gasteiger partial charge is 0.366 e. The third kappa shape index (κ3) is 2.89. The first-order valence-corrected chi connectivity index (χ1v) is 5.78. The highest BCUT2D eigenvalue weighted by molar-refractivity contribution is 5.48. The van der Waals surface area contributed by atoms with E-state index < -0.39 is 17.7 Å². The van der Waals surface area contributed by atoms with E-state index in [2.05, 4.69) is 5.32 Å². The molecule has 1 atom stereocenters. The molecule has 0 aliphatic carbocycles. The van der Waals surface area contributed by atoms with Gasteiger partial charge in [-0.05, 0) is 25.1 Å². The van der Waals surface area contributed by atoms with Crippen LogP contribution in [0.15, 0.2) is 42.5 Å². The van der Waals surface area contributed by atoms with E-state index in [9.17, 15) is 8.78 Å². The van der Waals surface area contributed by atoms with Crippen LogP contribution in [0, 0.1) is 29.9 Å². The molecule has 0 spiro atoms. The number of nitriles is 1. The molecule has 19 heavy (non-hydrogen) atoms. The van der Waals surface area contributed by atoms with Gasteiger partial charge in [-0.25, -0.2) is 8.78 Å². The van der Waals surface area contributed by atoms with Crippen LogP contribution in [0.3, 0.4) is 0 Å². The van der Waals surface area contributed by atoms with Gasteiger partial charge in [-0.15, -0.1) is 0 Å². The van der Waals surface area contributed by atoms with Crippen LogP contribution in [-0.4, -0.2) is 0 Å². The average molecular weight is 258 g/mol. The maximum absolute atomic E-state index is 13.6. The lowest BCUT2D eigenvalue weighted by molar-refractivity contribution is 0.498. The molecule has 0 fully saturated rings. The summed E-state index contributed by atoms with van der Waals surface area (Å²) in [7, 11) is 0. The van der Waals surface area contributed by atoms with Crippen molar-refractivity contribution in [2.75, 3.05) is 5.32 Å². The summed E-state index contributed by atoms with van der Waals surface area (Å²) >= 11 is 0. The molecule has 2 rings (SSSR count). The SMILES string of the molecule is Cc1ccc(NC(C#N)c2cccc(F)c2F)cc1. The van der Waals surface area contributed by atoms with Crippen molar-refractivity contribution in [2.24, 2.45) is 0 Å². The summed E-state index contributed by atoms with van der Waals surface area (Å²) in [4.78, 5) is 0. The Morgan fingerprint density at radius 1 is 1.11 bits per heavy atom. The molecule has 0 bridgehead atoms. The molecule has 4 heteroatoms. The monoisotopic (exact) mass is 258 g/mol. The lowest BCUT2D eigenvalue weighted by atomic mass is 10.1. The second kappa shape index (κ2) is 5.49. The molecule has 1 unspecified atom stereocenters. The maximum atomic E-state index is 13.6. The molecular weight excluding hydrogens is 246 g/mol. The molecule has 0 radical (unpaired) electrons. The Balaban J connectivity index is 2.28. The number of hydrogen-bond acceptors (Lipinski definition) is 2. The summed E-state index contributed by atoms with van der Waals surface area (Å²) in [5.41, 5.74) is 1.76. The summed E-state index contributed by atoms with van der Waals surface area (Å²) in [5.74, 6) is -1.95. The Morgan fingerprint density at radius 3 is 2.42 bits per heavy atom. The standard InChI is InChI=1S/C15H12F2N2/c1-10-5-7-11(8-6-10)19-14(9-18)12-3-2-4-13(16)15(12)17/h2-8,14,19H,1H3. The maximum Gasteiger partial charge on any atom is 0.165 e. The van der Waals surface area contributed by atoms with E-state index in [-0.39, 0.29) is 5.56 Å². The van der Waals surface area contributed by atoms with Crippen molar-refractivity contribution in [1.82, 2.24) is 0 Å². The van der Waals surface area contributed by atoms with Crippen LogP contribution in [0.5, 0.6) is 0 Å². The van der Waals surface area contributed by atoms with E-state index in [1.165, 1.54) is 12.1 Å². The van der Waals surface area contributed by atoms with Crippen molar-refractivity contribution >= 4 is 5.69 Å². The van der Waals surface area contributed by atoms with Crippen LogP contribution in [0.4, 0.5) is 14.5 Å². The molecule has 96 valence electrons. The number of anilines is 1.